The molecule has 0 amide bonds. The Morgan fingerprint density at radius 3 is 2.11 bits per heavy atom. The van der Waals surface area contributed by atoms with Gasteiger partial charge in [-0.15, -0.1) is 0 Å². The van der Waals surface area contributed by atoms with E-state index < -0.39 is 0 Å². The predicted octanol–water partition coefficient (Wildman–Crippen LogP) is 3.28. The van der Waals surface area contributed by atoms with Crippen molar-refractivity contribution < 1.29 is 0 Å². The first-order valence-corrected chi connectivity index (χ1v) is 7.88. The Morgan fingerprint density at radius 1 is 1.11 bits per heavy atom. The normalized spacial score (nSPS) is 26.7. The van der Waals surface area contributed by atoms with Crippen molar-refractivity contribution in [3.05, 3.63) is 0 Å². The second-order valence-electron chi connectivity index (χ2n) is 7.53. The van der Waals surface area contributed by atoms with Gasteiger partial charge in [0.2, 0.25) is 0 Å². The molecule has 1 aliphatic carbocycles. The molecule has 0 unspecified atom stereocenters. The van der Waals surface area contributed by atoms with Crippen LogP contribution in [0.2, 0.25) is 0 Å². The van der Waals surface area contributed by atoms with Crippen molar-refractivity contribution >= 4 is 0 Å². The highest BCUT2D eigenvalue weighted by Gasteiger charge is 2.43. The molecule has 2 fully saturated rings. The predicted molar refractivity (Wildman–Crippen MR) is 78.9 cm³/mol. The molecule has 1 saturated heterocycles. The first kappa shape index (κ1) is 14.3. The summed E-state index contributed by atoms with van der Waals surface area (Å²) in [4.78, 5) is 2.68. The molecule has 1 N–H and O–H groups in total. The first-order chi connectivity index (χ1) is 8.48. The number of likely N-dealkylation sites (tertiary alicyclic amines) is 1. The lowest BCUT2D eigenvalue weighted by molar-refractivity contribution is 0.0107. The van der Waals surface area contributed by atoms with Gasteiger partial charge in [-0.3, -0.25) is 4.90 Å². The van der Waals surface area contributed by atoms with Crippen molar-refractivity contribution in [2.24, 2.45) is 11.3 Å². The van der Waals surface area contributed by atoms with Gasteiger partial charge in [-0.05, 0) is 77.9 Å². The molecule has 0 spiro atoms. The summed E-state index contributed by atoms with van der Waals surface area (Å²) >= 11 is 0. The third-order valence-corrected chi connectivity index (χ3v) is 5.46. The number of nitrogens with zero attached hydrogens (tertiary/aromatic N) is 1. The van der Waals surface area contributed by atoms with E-state index >= 15 is 0 Å². The molecule has 0 atom stereocenters. The molecule has 0 aromatic carbocycles. The molecule has 18 heavy (non-hydrogen) atoms. The molecule has 1 aliphatic heterocycles. The fraction of sp³-hybridized carbons (Fsp3) is 1.00. The van der Waals surface area contributed by atoms with Crippen LogP contribution in [0, 0.1) is 11.3 Å². The lowest BCUT2D eigenvalue weighted by Gasteiger charge is -2.49. The van der Waals surface area contributed by atoms with Gasteiger partial charge in [-0.25, -0.2) is 0 Å². The zero-order chi connectivity index (χ0) is 13.2. The Balaban J connectivity index is 2.01. The molecule has 0 aromatic rings. The third kappa shape index (κ3) is 2.91. The van der Waals surface area contributed by atoms with E-state index in [1.54, 1.807) is 0 Å². The fourth-order valence-corrected chi connectivity index (χ4v) is 4.24. The smallest absolute Gasteiger partial charge is 0.0125 e. The first-order valence-electron chi connectivity index (χ1n) is 7.88. The molecule has 0 aromatic heterocycles. The molecule has 2 heteroatoms. The van der Waals surface area contributed by atoms with Crippen LogP contribution in [0.3, 0.4) is 0 Å². The van der Waals surface area contributed by atoms with Gasteiger partial charge in [-0.2, -0.15) is 0 Å². The van der Waals surface area contributed by atoms with Gasteiger partial charge in [-0.1, -0.05) is 12.8 Å². The van der Waals surface area contributed by atoms with Crippen LogP contribution in [0.5, 0.6) is 0 Å². The van der Waals surface area contributed by atoms with Crippen molar-refractivity contribution in [1.29, 1.82) is 0 Å². The summed E-state index contributed by atoms with van der Waals surface area (Å²) in [6.07, 6.45) is 8.71. The number of rotatable bonds is 3. The molecule has 2 rings (SSSR count). The average molecular weight is 252 g/mol. The minimum atomic E-state index is 0.349. The van der Waals surface area contributed by atoms with E-state index in [1.165, 1.54) is 58.2 Å². The Morgan fingerprint density at radius 2 is 1.67 bits per heavy atom. The molecule has 2 aliphatic rings. The van der Waals surface area contributed by atoms with Crippen LogP contribution in [0.15, 0.2) is 0 Å². The minimum absolute atomic E-state index is 0.349. The maximum absolute atomic E-state index is 3.49. The van der Waals surface area contributed by atoms with Crippen LogP contribution in [-0.4, -0.2) is 37.1 Å². The molecular formula is C16H32N2. The van der Waals surface area contributed by atoms with Gasteiger partial charge < -0.3 is 5.32 Å². The average Bonchev–Trinajstić information content (AvgIpc) is 2.82. The number of hydrogen-bond acceptors (Lipinski definition) is 2. The fourth-order valence-electron chi connectivity index (χ4n) is 4.24. The molecule has 0 bridgehead atoms. The van der Waals surface area contributed by atoms with Crippen LogP contribution in [0.4, 0.5) is 0 Å². The molecule has 106 valence electrons. The minimum Gasteiger partial charge on any atom is -0.319 e. The summed E-state index contributed by atoms with van der Waals surface area (Å²) in [5.74, 6) is 0.993. The van der Waals surface area contributed by atoms with Crippen molar-refractivity contribution in [1.82, 2.24) is 10.2 Å². The van der Waals surface area contributed by atoms with Gasteiger partial charge in [0.1, 0.15) is 0 Å². The maximum Gasteiger partial charge on any atom is 0.0125 e. The van der Waals surface area contributed by atoms with Gasteiger partial charge >= 0.3 is 0 Å². The van der Waals surface area contributed by atoms with Crippen molar-refractivity contribution in [2.45, 2.75) is 64.8 Å². The van der Waals surface area contributed by atoms with E-state index in [1.807, 2.05) is 0 Å². The molecule has 1 saturated carbocycles. The zero-order valence-corrected chi connectivity index (χ0v) is 12.9. The van der Waals surface area contributed by atoms with Crippen molar-refractivity contribution in [2.75, 3.05) is 26.7 Å². The quantitative estimate of drug-likeness (QED) is 0.829. The number of nitrogens with one attached hydrogen (secondary N) is 1. The van der Waals surface area contributed by atoms with E-state index in [2.05, 4.69) is 38.0 Å². The maximum atomic E-state index is 3.49. The summed E-state index contributed by atoms with van der Waals surface area (Å²) in [6, 6.07) is 0. The van der Waals surface area contributed by atoms with Crippen molar-refractivity contribution in [3.63, 3.8) is 0 Å². The van der Waals surface area contributed by atoms with Gasteiger partial charge in [0.25, 0.3) is 0 Å². The second-order valence-corrected chi connectivity index (χ2v) is 7.53. The monoisotopic (exact) mass is 252 g/mol. The summed E-state index contributed by atoms with van der Waals surface area (Å²) in [5, 5.41) is 3.49. The van der Waals surface area contributed by atoms with E-state index in [0.29, 0.717) is 11.0 Å². The Hall–Kier alpha value is -0.0800. The Labute approximate surface area is 114 Å². The van der Waals surface area contributed by atoms with Gasteiger partial charge in [0.15, 0.2) is 0 Å². The van der Waals surface area contributed by atoms with Crippen LogP contribution in [-0.2, 0) is 0 Å². The summed E-state index contributed by atoms with van der Waals surface area (Å²) in [5.41, 5.74) is 0.953. The summed E-state index contributed by atoms with van der Waals surface area (Å²) in [7, 11) is 2.13. The van der Waals surface area contributed by atoms with Crippen molar-refractivity contribution in [3.8, 4) is 0 Å². The van der Waals surface area contributed by atoms with E-state index in [9.17, 15) is 0 Å². The molecule has 2 nitrogen and oxygen atoms in total. The summed E-state index contributed by atoms with van der Waals surface area (Å²) < 4.78 is 0. The third-order valence-electron chi connectivity index (χ3n) is 5.46. The van der Waals surface area contributed by atoms with Gasteiger partial charge in [0.05, 0.1) is 0 Å². The highest BCUT2D eigenvalue weighted by molar-refractivity contribution is 4.96. The Bertz CT molecular complexity index is 253. The van der Waals surface area contributed by atoms with E-state index in [4.69, 9.17) is 0 Å². The SMILES string of the molecule is CNCC1(C2CCCC2)CCN(C(C)(C)C)CC1. The van der Waals surface area contributed by atoms with Crippen LogP contribution in [0.25, 0.3) is 0 Å². The number of hydrogen-bond donors (Lipinski definition) is 1. The summed E-state index contributed by atoms with van der Waals surface area (Å²) in [6.45, 7) is 10.9. The highest BCUT2D eigenvalue weighted by Crippen LogP contribution is 2.47. The molecule has 1 heterocycles. The van der Waals surface area contributed by atoms with Crippen LogP contribution < -0.4 is 5.32 Å². The molecule has 0 radical (unpaired) electrons. The Kier molecular flexibility index (Phi) is 4.38. The second kappa shape index (κ2) is 5.50. The zero-order valence-electron chi connectivity index (χ0n) is 12.9. The van der Waals surface area contributed by atoms with Crippen LogP contribution in [0.1, 0.15) is 59.3 Å². The largest absolute Gasteiger partial charge is 0.319 e. The van der Waals surface area contributed by atoms with E-state index in [0.717, 1.165) is 5.92 Å². The standard InChI is InChI=1S/C16H32N2/c1-15(2,3)18-11-9-16(10-12-18,13-17-4)14-7-5-6-8-14/h14,17H,5-13H2,1-4H3. The van der Waals surface area contributed by atoms with Crippen LogP contribution >= 0.6 is 0 Å². The lowest BCUT2D eigenvalue weighted by Crippen LogP contribution is -2.53. The molecular weight excluding hydrogens is 220 g/mol. The highest BCUT2D eigenvalue weighted by atomic mass is 15.2. The topological polar surface area (TPSA) is 15.3 Å². The number of piperidine rings is 1. The van der Waals surface area contributed by atoms with E-state index in [-0.39, 0.29) is 0 Å². The van der Waals surface area contributed by atoms with Gasteiger partial charge in [0, 0.05) is 12.1 Å². The lowest BCUT2D eigenvalue weighted by atomic mass is 9.67.